The molecule has 1 aromatic heterocycles. The van der Waals surface area contributed by atoms with Crippen molar-refractivity contribution in [3.8, 4) is 6.07 Å². The lowest BCUT2D eigenvalue weighted by molar-refractivity contribution is 0.429. The summed E-state index contributed by atoms with van der Waals surface area (Å²) in [4.78, 5) is 0. The molecule has 0 aliphatic rings. The lowest BCUT2D eigenvalue weighted by Crippen LogP contribution is -1.93. The largest absolute Gasteiger partial charge is 0.366 e. The third-order valence-corrected chi connectivity index (χ3v) is 2.59. The second-order valence-electron chi connectivity index (χ2n) is 3.25. The Balaban J connectivity index is 2.35. The maximum atomic E-state index is 8.87. The number of nitrogens with zero attached hydrogens (tertiary/aromatic N) is 2. The molecular weight excluding hydrogens is 226 g/mol. The van der Waals surface area contributed by atoms with Crippen LogP contribution in [0.1, 0.15) is 16.8 Å². The maximum Gasteiger partial charge on any atom is 0.240 e. The molecule has 0 fully saturated rings. The summed E-state index contributed by atoms with van der Waals surface area (Å²) in [5.74, 6) is 0.0459. The molecule has 2 aromatic rings. The monoisotopic (exact) mass is 233 g/mol. The van der Waals surface area contributed by atoms with E-state index in [9.17, 15) is 0 Å². The molecule has 2 rings (SSSR count). The van der Waals surface area contributed by atoms with Crippen molar-refractivity contribution in [3.63, 3.8) is 0 Å². The van der Waals surface area contributed by atoms with Crippen molar-refractivity contribution in [3.05, 3.63) is 46.1 Å². The Morgan fingerprint density at radius 2 is 2.19 bits per heavy atom. The number of nitrogens with two attached hydrogens (primary N) is 1. The van der Waals surface area contributed by atoms with E-state index in [0.717, 1.165) is 5.56 Å². The summed E-state index contributed by atoms with van der Waals surface area (Å²) >= 11 is 6.00. The fourth-order valence-electron chi connectivity index (χ4n) is 1.40. The number of nitriles is 1. The average Bonchev–Trinajstić information content (AvgIpc) is 2.63. The topological polar surface area (TPSA) is 75.8 Å². The highest BCUT2D eigenvalue weighted by Gasteiger charge is 2.14. The van der Waals surface area contributed by atoms with Crippen LogP contribution in [0.2, 0.25) is 5.02 Å². The number of anilines is 1. The summed E-state index contributed by atoms with van der Waals surface area (Å²) in [5.41, 5.74) is 7.13. The summed E-state index contributed by atoms with van der Waals surface area (Å²) in [5, 5.41) is 13.2. The molecule has 1 aromatic carbocycles. The van der Waals surface area contributed by atoms with E-state index in [4.69, 9.17) is 27.1 Å². The summed E-state index contributed by atoms with van der Waals surface area (Å²) in [6.07, 6.45) is 0.434. The molecule has 0 saturated heterocycles. The second kappa shape index (κ2) is 4.25. The molecule has 0 radical (unpaired) electrons. The molecule has 16 heavy (non-hydrogen) atoms. The van der Waals surface area contributed by atoms with Crippen LogP contribution < -0.4 is 5.73 Å². The summed E-state index contributed by atoms with van der Waals surface area (Å²) in [6, 6.07) is 9.33. The van der Waals surface area contributed by atoms with E-state index in [1.807, 2.05) is 24.3 Å². The Morgan fingerprint density at radius 1 is 1.44 bits per heavy atom. The standard InChI is InChI=1S/C11H8ClN3O/c12-9-4-2-1-3-7(9)5-10-8(6-13)11(14)16-15-10/h1-4H,5,14H2. The number of rotatable bonds is 2. The first kappa shape index (κ1) is 10.5. The van der Waals surface area contributed by atoms with Crippen LogP contribution in [-0.2, 0) is 6.42 Å². The molecule has 0 spiro atoms. The molecule has 4 nitrogen and oxygen atoms in total. The van der Waals surface area contributed by atoms with Gasteiger partial charge in [0.1, 0.15) is 17.3 Å². The van der Waals surface area contributed by atoms with Crippen LogP contribution in [0.5, 0.6) is 0 Å². The fourth-order valence-corrected chi connectivity index (χ4v) is 1.60. The van der Waals surface area contributed by atoms with Crippen LogP contribution in [0.4, 0.5) is 5.88 Å². The Labute approximate surface area is 97.2 Å². The van der Waals surface area contributed by atoms with E-state index in [1.165, 1.54) is 0 Å². The number of nitrogen functional groups attached to an aromatic ring is 1. The first-order valence-electron chi connectivity index (χ1n) is 4.60. The summed E-state index contributed by atoms with van der Waals surface area (Å²) in [7, 11) is 0. The first-order chi connectivity index (χ1) is 7.72. The molecule has 80 valence electrons. The fraction of sp³-hybridized carbons (Fsp3) is 0.0909. The van der Waals surface area contributed by atoms with Gasteiger partial charge in [0.15, 0.2) is 0 Å². The third-order valence-electron chi connectivity index (χ3n) is 2.22. The van der Waals surface area contributed by atoms with E-state index in [-0.39, 0.29) is 11.4 Å². The molecular formula is C11H8ClN3O. The number of hydrogen-bond donors (Lipinski definition) is 1. The van der Waals surface area contributed by atoms with E-state index < -0.39 is 0 Å². The highest BCUT2D eigenvalue weighted by atomic mass is 35.5. The van der Waals surface area contributed by atoms with Gasteiger partial charge in [-0.3, -0.25) is 0 Å². The molecule has 0 aliphatic heterocycles. The first-order valence-corrected chi connectivity index (χ1v) is 4.97. The van der Waals surface area contributed by atoms with Crippen LogP contribution >= 0.6 is 11.6 Å². The van der Waals surface area contributed by atoms with Crippen LogP contribution in [0, 0.1) is 11.3 Å². The van der Waals surface area contributed by atoms with Crippen LogP contribution in [0.25, 0.3) is 0 Å². The van der Waals surface area contributed by atoms with Crippen LogP contribution in [0.15, 0.2) is 28.8 Å². The molecule has 0 saturated carbocycles. The van der Waals surface area contributed by atoms with Gasteiger partial charge in [0, 0.05) is 11.4 Å². The van der Waals surface area contributed by atoms with Gasteiger partial charge in [0.2, 0.25) is 5.88 Å². The zero-order valence-electron chi connectivity index (χ0n) is 8.27. The predicted octanol–water partition coefficient (Wildman–Crippen LogP) is 2.37. The lowest BCUT2D eigenvalue weighted by atomic mass is 10.1. The Kier molecular flexibility index (Phi) is 2.80. The van der Waals surface area contributed by atoms with E-state index >= 15 is 0 Å². The zero-order chi connectivity index (χ0) is 11.5. The highest BCUT2D eigenvalue weighted by molar-refractivity contribution is 6.31. The van der Waals surface area contributed by atoms with Crippen molar-refractivity contribution in [1.29, 1.82) is 5.26 Å². The minimum absolute atomic E-state index is 0.0459. The minimum atomic E-state index is 0.0459. The summed E-state index contributed by atoms with van der Waals surface area (Å²) in [6.45, 7) is 0. The third kappa shape index (κ3) is 1.86. The van der Waals surface area contributed by atoms with Gasteiger partial charge in [-0.15, -0.1) is 0 Å². The predicted molar refractivity (Wildman–Crippen MR) is 59.9 cm³/mol. The maximum absolute atomic E-state index is 8.87. The molecule has 0 unspecified atom stereocenters. The molecule has 1 heterocycles. The zero-order valence-corrected chi connectivity index (χ0v) is 9.03. The number of benzene rings is 1. The smallest absolute Gasteiger partial charge is 0.240 e. The molecule has 0 atom stereocenters. The molecule has 0 bridgehead atoms. The Bertz CT molecular complexity index is 557. The number of hydrogen-bond acceptors (Lipinski definition) is 4. The molecule has 2 N–H and O–H groups in total. The van der Waals surface area contributed by atoms with Gasteiger partial charge in [-0.2, -0.15) is 5.26 Å². The van der Waals surface area contributed by atoms with Gasteiger partial charge in [-0.1, -0.05) is 35.0 Å². The highest BCUT2D eigenvalue weighted by Crippen LogP contribution is 2.22. The van der Waals surface area contributed by atoms with Gasteiger partial charge in [-0.05, 0) is 11.6 Å². The van der Waals surface area contributed by atoms with Gasteiger partial charge >= 0.3 is 0 Å². The van der Waals surface area contributed by atoms with E-state index in [0.29, 0.717) is 17.1 Å². The Morgan fingerprint density at radius 3 is 2.88 bits per heavy atom. The molecule has 0 amide bonds. The minimum Gasteiger partial charge on any atom is -0.366 e. The van der Waals surface area contributed by atoms with Crippen LogP contribution in [0.3, 0.4) is 0 Å². The van der Waals surface area contributed by atoms with Crippen molar-refractivity contribution in [2.45, 2.75) is 6.42 Å². The van der Waals surface area contributed by atoms with E-state index in [1.54, 1.807) is 6.07 Å². The second-order valence-corrected chi connectivity index (χ2v) is 3.66. The number of halogens is 1. The van der Waals surface area contributed by atoms with Crippen molar-refractivity contribution < 1.29 is 4.52 Å². The Hall–Kier alpha value is -1.99. The van der Waals surface area contributed by atoms with Gasteiger partial charge in [-0.25, -0.2) is 0 Å². The van der Waals surface area contributed by atoms with Crippen molar-refractivity contribution in [2.75, 3.05) is 5.73 Å². The van der Waals surface area contributed by atoms with Crippen molar-refractivity contribution in [1.82, 2.24) is 5.16 Å². The number of aromatic nitrogens is 1. The quantitative estimate of drug-likeness (QED) is 0.864. The van der Waals surface area contributed by atoms with Gasteiger partial charge in [0.05, 0.1) is 0 Å². The lowest BCUT2D eigenvalue weighted by Gasteiger charge is -2.00. The van der Waals surface area contributed by atoms with Gasteiger partial charge < -0.3 is 10.3 Å². The van der Waals surface area contributed by atoms with E-state index in [2.05, 4.69) is 5.16 Å². The average molecular weight is 234 g/mol. The SMILES string of the molecule is N#Cc1c(Cc2ccccc2Cl)noc1N. The molecule has 0 aliphatic carbocycles. The van der Waals surface area contributed by atoms with Crippen LogP contribution in [-0.4, -0.2) is 5.16 Å². The summed E-state index contributed by atoms with van der Waals surface area (Å²) < 4.78 is 4.76. The normalized spacial score (nSPS) is 10.0. The van der Waals surface area contributed by atoms with Gasteiger partial charge in [0.25, 0.3) is 0 Å². The van der Waals surface area contributed by atoms with Crippen molar-refractivity contribution in [2.24, 2.45) is 0 Å². The van der Waals surface area contributed by atoms with Crippen molar-refractivity contribution >= 4 is 17.5 Å². The molecule has 5 heteroatoms.